The van der Waals surface area contributed by atoms with Gasteiger partial charge in [-0.3, -0.25) is 14.9 Å². The van der Waals surface area contributed by atoms with E-state index in [1.807, 2.05) is 19.3 Å². The van der Waals surface area contributed by atoms with Crippen LogP contribution in [0.2, 0.25) is 0 Å². The van der Waals surface area contributed by atoms with Gasteiger partial charge in [-0.1, -0.05) is 6.07 Å². The fraction of sp³-hybridized carbons (Fsp3) is 0.647. The summed E-state index contributed by atoms with van der Waals surface area (Å²) < 4.78 is 0. The maximum atomic E-state index is 4.42. The number of pyridine rings is 1. The van der Waals surface area contributed by atoms with Gasteiger partial charge < -0.3 is 10.6 Å². The molecule has 2 fully saturated rings. The van der Waals surface area contributed by atoms with Crippen LogP contribution in [0.5, 0.6) is 0 Å². The number of nitrogens with zero attached hydrogens (tertiary/aromatic N) is 3. The van der Waals surface area contributed by atoms with E-state index < -0.39 is 0 Å². The Hall–Kier alpha value is -1.62. The van der Waals surface area contributed by atoms with Crippen LogP contribution in [0.4, 0.5) is 0 Å². The molecule has 0 amide bonds. The smallest absolute Gasteiger partial charge is 0.191 e. The Labute approximate surface area is 133 Å². The summed E-state index contributed by atoms with van der Waals surface area (Å²) in [6.45, 7) is 3.20. The van der Waals surface area contributed by atoms with Gasteiger partial charge in [-0.2, -0.15) is 0 Å². The van der Waals surface area contributed by atoms with E-state index in [1.165, 1.54) is 19.3 Å². The molecule has 0 unspecified atom stereocenters. The first-order valence-electron chi connectivity index (χ1n) is 8.45. The summed E-state index contributed by atoms with van der Waals surface area (Å²) in [5.41, 5.74) is 1.16. The van der Waals surface area contributed by atoms with Crippen molar-refractivity contribution < 1.29 is 0 Å². The third kappa shape index (κ3) is 4.19. The van der Waals surface area contributed by atoms with Gasteiger partial charge in [0.25, 0.3) is 0 Å². The Morgan fingerprint density at radius 1 is 1.18 bits per heavy atom. The molecular formula is C17H27N5. The summed E-state index contributed by atoms with van der Waals surface area (Å²) in [5.74, 6) is 0.980. The van der Waals surface area contributed by atoms with E-state index in [1.54, 1.807) is 0 Å². The summed E-state index contributed by atoms with van der Waals surface area (Å²) in [6.07, 6.45) is 8.11. The van der Waals surface area contributed by atoms with Crippen LogP contribution >= 0.6 is 0 Å². The molecule has 1 saturated heterocycles. The molecule has 0 bridgehead atoms. The van der Waals surface area contributed by atoms with Gasteiger partial charge in [0, 0.05) is 45.0 Å². The van der Waals surface area contributed by atoms with Crippen LogP contribution in [-0.2, 0) is 6.54 Å². The molecule has 0 aromatic carbocycles. The van der Waals surface area contributed by atoms with Gasteiger partial charge in [-0.15, -0.1) is 0 Å². The van der Waals surface area contributed by atoms with Crippen molar-refractivity contribution in [2.24, 2.45) is 4.99 Å². The third-order valence-electron chi connectivity index (χ3n) is 4.71. The van der Waals surface area contributed by atoms with Crippen LogP contribution < -0.4 is 10.6 Å². The minimum atomic E-state index is 0.534. The van der Waals surface area contributed by atoms with Crippen LogP contribution in [0.15, 0.2) is 29.4 Å². The average molecular weight is 301 g/mol. The number of hydrogen-bond acceptors (Lipinski definition) is 3. The van der Waals surface area contributed by atoms with Gasteiger partial charge in [0.1, 0.15) is 0 Å². The Kier molecular flexibility index (Phi) is 5.27. The molecule has 0 radical (unpaired) electrons. The van der Waals surface area contributed by atoms with Crippen molar-refractivity contribution in [1.82, 2.24) is 20.5 Å². The van der Waals surface area contributed by atoms with E-state index in [0.29, 0.717) is 12.1 Å². The Balaban J connectivity index is 1.41. The number of aromatic nitrogens is 1. The molecule has 2 N–H and O–H groups in total. The predicted octanol–water partition coefficient (Wildman–Crippen LogP) is 1.76. The van der Waals surface area contributed by atoms with Crippen molar-refractivity contribution >= 4 is 5.96 Å². The molecule has 0 atom stereocenters. The quantitative estimate of drug-likeness (QED) is 0.657. The highest BCUT2D eigenvalue weighted by Gasteiger charge is 2.22. The second-order valence-corrected chi connectivity index (χ2v) is 6.36. The second-order valence-electron chi connectivity index (χ2n) is 6.36. The van der Waals surface area contributed by atoms with Crippen LogP contribution in [0.25, 0.3) is 0 Å². The molecule has 1 aliphatic carbocycles. The molecule has 0 spiro atoms. The average Bonchev–Trinajstić information content (AvgIpc) is 2.52. The molecule has 1 saturated carbocycles. The van der Waals surface area contributed by atoms with Gasteiger partial charge in [-0.05, 0) is 44.2 Å². The summed E-state index contributed by atoms with van der Waals surface area (Å²) in [6, 6.07) is 7.31. The van der Waals surface area contributed by atoms with Crippen molar-refractivity contribution in [2.45, 2.75) is 50.7 Å². The topological polar surface area (TPSA) is 52.6 Å². The molecule has 1 aromatic rings. The van der Waals surface area contributed by atoms with Gasteiger partial charge in [0.05, 0.1) is 5.69 Å². The molecule has 2 aliphatic rings. The van der Waals surface area contributed by atoms with Crippen molar-refractivity contribution in [1.29, 1.82) is 0 Å². The number of rotatable bonds is 4. The monoisotopic (exact) mass is 301 g/mol. The Bertz CT molecular complexity index is 475. The van der Waals surface area contributed by atoms with Gasteiger partial charge >= 0.3 is 0 Å². The van der Waals surface area contributed by atoms with E-state index >= 15 is 0 Å². The summed E-state index contributed by atoms with van der Waals surface area (Å²) >= 11 is 0. The number of likely N-dealkylation sites (tertiary alicyclic amines) is 1. The molecule has 5 nitrogen and oxygen atoms in total. The molecule has 22 heavy (non-hydrogen) atoms. The first-order valence-corrected chi connectivity index (χ1v) is 8.45. The largest absolute Gasteiger partial charge is 0.354 e. The third-order valence-corrected chi connectivity index (χ3v) is 4.71. The van der Waals surface area contributed by atoms with Crippen LogP contribution in [-0.4, -0.2) is 48.1 Å². The van der Waals surface area contributed by atoms with Crippen molar-refractivity contribution in [2.75, 3.05) is 20.1 Å². The fourth-order valence-electron chi connectivity index (χ4n) is 3.07. The number of piperidine rings is 1. The lowest BCUT2D eigenvalue weighted by atomic mass is 9.93. The van der Waals surface area contributed by atoms with Crippen LogP contribution in [0.1, 0.15) is 37.8 Å². The zero-order valence-corrected chi connectivity index (χ0v) is 13.5. The standard InChI is InChI=1S/C17H27N5/c1-18-17(20-14-6-4-7-14)21-15-8-11-22(12-9-15)13-16-5-2-3-10-19-16/h2-3,5,10,14-15H,4,6-9,11-13H2,1H3,(H2,18,20,21). The van der Waals surface area contributed by atoms with Crippen molar-refractivity contribution in [3.8, 4) is 0 Å². The lowest BCUT2D eigenvalue weighted by Crippen LogP contribution is -2.52. The lowest BCUT2D eigenvalue weighted by Gasteiger charge is -2.34. The highest BCUT2D eigenvalue weighted by Crippen LogP contribution is 2.18. The molecule has 1 aliphatic heterocycles. The molecule has 1 aromatic heterocycles. The maximum absolute atomic E-state index is 4.42. The van der Waals surface area contributed by atoms with E-state index in [2.05, 4.69) is 37.6 Å². The van der Waals surface area contributed by atoms with E-state index in [-0.39, 0.29) is 0 Å². The lowest BCUT2D eigenvalue weighted by molar-refractivity contribution is 0.196. The predicted molar refractivity (Wildman–Crippen MR) is 89.8 cm³/mol. The Morgan fingerprint density at radius 2 is 1.91 bits per heavy atom. The Morgan fingerprint density at radius 3 is 2.45 bits per heavy atom. The molecule has 5 heteroatoms. The van der Waals surface area contributed by atoms with Crippen molar-refractivity contribution in [3.05, 3.63) is 30.1 Å². The zero-order chi connectivity index (χ0) is 15.2. The summed E-state index contributed by atoms with van der Waals surface area (Å²) in [4.78, 5) is 11.3. The van der Waals surface area contributed by atoms with Gasteiger partial charge in [0.15, 0.2) is 5.96 Å². The fourth-order valence-corrected chi connectivity index (χ4v) is 3.07. The molecule has 120 valence electrons. The molecular weight excluding hydrogens is 274 g/mol. The first kappa shape index (κ1) is 15.3. The molecule has 3 rings (SSSR count). The number of guanidine groups is 1. The van der Waals surface area contributed by atoms with Gasteiger partial charge in [-0.25, -0.2) is 0 Å². The maximum Gasteiger partial charge on any atom is 0.191 e. The normalized spacial score (nSPS) is 21.4. The van der Waals surface area contributed by atoms with E-state index in [4.69, 9.17) is 0 Å². The van der Waals surface area contributed by atoms with Crippen LogP contribution in [0.3, 0.4) is 0 Å². The van der Waals surface area contributed by atoms with Gasteiger partial charge in [0.2, 0.25) is 0 Å². The summed E-state index contributed by atoms with van der Waals surface area (Å²) in [5, 5.41) is 7.10. The van der Waals surface area contributed by atoms with Crippen LogP contribution in [0, 0.1) is 0 Å². The number of aliphatic imine (C=N–C) groups is 1. The summed E-state index contributed by atoms with van der Waals surface area (Å²) in [7, 11) is 1.87. The van der Waals surface area contributed by atoms with E-state index in [0.717, 1.165) is 44.1 Å². The minimum absolute atomic E-state index is 0.534. The number of hydrogen-bond donors (Lipinski definition) is 2. The highest BCUT2D eigenvalue weighted by atomic mass is 15.2. The van der Waals surface area contributed by atoms with Crippen molar-refractivity contribution in [3.63, 3.8) is 0 Å². The minimum Gasteiger partial charge on any atom is -0.354 e. The molecule has 2 heterocycles. The zero-order valence-electron chi connectivity index (χ0n) is 13.5. The SMILES string of the molecule is CN=C(NC1CCC1)NC1CCN(Cc2ccccn2)CC1. The second kappa shape index (κ2) is 7.58. The number of nitrogens with one attached hydrogen (secondary N) is 2. The van der Waals surface area contributed by atoms with E-state index in [9.17, 15) is 0 Å². The first-order chi connectivity index (χ1) is 10.8. The highest BCUT2D eigenvalue weighted by molar-refractivity contribution is 5.80.